The first-order valence-corrected chi connectivity index (χ1v) is 11.8. The molecule has 4 heteroatoms. The Balaban J connectivity index is 1.60. The number of hydrogen-bond donors (Lipinski definition) is 0. The molecule has 0 atom stereocenters. The molecule has 0 unspecified atom stereocenters. The van der Waals surface area contributed by atoms with Gasteiger partial charge >= 0.3 is 0 Å². The molecule has 0 amide bonds. The average Bonchev–Trinajstić information content (AvgIpc) is 3.53. The van der Waals surface area contributed by atoms with Gasteiger partial charge in [-0.15, -0.1) is 11.3 Å². The van der Waals surface area contributed by atoms with Gasteiger partial charge in [0.2, 0.25) is 0 Å². The van der Waals surface area contributed by atoms with E-state index in [1.807, 2.05) is 35.7 Å². The molecule has 8 aromatic rings. The minimum atomic E-state index is 0.937. The third kappa shape index (κ3) is 2.21. The zero-order chi connectivity index (χ0) is 21.5. The van der Waals surface area contributed by atoms with Crippen molar-refractivity contribution in [3.05, 3.63) is 97.2 Å². The summed E-state index contributed by atoms with van der Waals surface area (Å²) in [5.41, 5.74) is 5.18. The van der Waals surface area contributed by atoms with E-state index in [4.69, 9.17) is 9.40 Å². The van der Waals surface area contributed by atoms with Gasteiger partial charge in [-0.25, -0.2) is 4.98 Å². The maximum atomic E-state index is 6.17. The lowest BCUT2D eigenvalue weighted by Gasteiger charge is -2.06. The molecule has 0 aliphatic carbocycles. The largest absolute Gasteiger partial charge is 0.456 e. The molecule has 0 aliphatic rings. The van der Waals surface area contributed by atoms with Crippen LogP contribution in [0.3, 0.4) is 0 Å². The number of benzene rings is 4. The van der Waals surface area contributed by atoms with Crippen molar-refractivity contribution in [2.75, 3.05) is 0 Å². The fourth-order valence-corrected chi connectivity index (χ4v) is 6.67. The number of aromatic nitrogens is 2. The Morgan fingerprint density at radius 3 is 2.27 bits per heavy atom. The van der Waals surface area contributed by atoms with Crippen LogP contribution in [0.2, 0.25) is 0 Å². The Bertz CT molecular complexity index is 2030. The third-order valence-corrected chi connectivity index (χ3v) is 7.91. The summed E-state index contributed by atoms with van der Waals surface area (Å²) in [4.78, 5) is 4.79. The third-order valence-electron chi connectivity index (χ3n) is 6.65. The Hall–Kier alpha value is -4.15. The Morgan fingerprint density at radius 2 is 1.36 bits per heavy atom. The Labute approximate surface area is 192 Å². The highest BCUT2D eigenvalue weighted by Crippen LogP contribution is 2.46. The minimum absolute atomic E-state index is 0.937. The normalized spacial score (nSPS) is 12.2. The van der Waals surface area contributed by atoms with E-state index in [9.17, 15) is 0 Å². The van der Waals surface area contributed by atoms with Gasteiger partial charge in [0.1, 0.15) is 16.8 Å². The van der Waals surface area contributed by atoms with Gasteiger partial charge < -0.3 is 4.42 Å². The summed E-state index contributed by atoms with van der Waals surface area (Å²) in [7, 11) is 0. The van der Waals surface area contributed by atoms with Crippen molar-refractivity contribution in [3.8, 4) is 5.69 Å². The van der Waals surface area contributed by atoms with Crippen LogP contribution in [0.4, 0.5) is 0 Å². The molecule has 0 bridgehead atoms. The van der Waals surface area contributed by atoms with E-state index < -0.39 is 0 Å². The van der Waals surface area contributed by atoms with Crippen molar-refractivity contribution in [1.82, 2.24) is 9.55 Å². The summed E-state index contributed by atoms with van der Waals surface area (Å²) < 4.78 is 11.0. The van der Waals surface area contributed by atoms with Crippen LogP contribution in [-0.2, 0) is 0 Å². The van der Waals surface area contributed by atoms with Crippen molar-refractivity contribution in [2.24, 2.45) is 0 Å². The van der Waals surface area contributed by atoms with Crippen molar-refractivity contribution in [3.63, 3.8) is 0 Å². The number of thiophene rings is 1. The second-order valence-electron chi connectivity index (χ2n) is 8.40. The zero-order valence-corrected chi connectivity index (χ0v) is 18.3. The van der Waals surface area contributed by atoms with Crippen LogP contribution in [0, 0.1) is 0 Å². The molecule has 0 spiro atoms. The fraction of sp³-hybridized carbons (Fsp3) is 0. The molecular formula is C29H16N2OS. The number of para-hydroxylation sites is 2. The summed E-state index contributed by atoms with van der Waals surface area (Å²) in [5, 5.41) is 7.39. The molecule has 0 N–H and O–H groups in total. The first-order valence-electron chi connectivity index (χ1n) is 11.0. The first-order chi connectivity index (χ1) is 16.4. The lowest BCUT2D eigenvalue weighted by Crippen LogP contribution is -1.94. The highest BCUT2D eigenvalue weighted by molar-refractivity contribution is 7.27. The summed E-state index contributed by atoms with van der Waals surface area (Å²) in [6.45, 7) is 0. The van der Waals surface area contributed by atoms with Crippen LogP contribution in [0.25, 0.3) is 69.7 Å². The summed E-state index contributed by atoms with van der Waals surface area (Å²) in [6, 6.07) is 31.9. The van der Waals surface area contributed by atoms with Gasteiger partial charge in [0.05, 0.1) is 5.52 Å². The van der Waals surface area contributed by atoms with Gasteiger partial charge in [-0.2, -0.15) is 0 Å². The number of pyridine rings is 1. The molecule has 0 radical (unpaired) electrons. The smallest absolute Gasteiger partial charge is 0.145 e. The first kappa shape index (κ1) is 17.4. The van der Waals surface area contributed by atoms with E-state index in [0.717, 1.165) is 22.5 Å². The molecular weight excluding hydrogens is 424 g/mol. The maximum Gasteiger partial charge on any atom is 0.145 e. The molecule has 0 saturated carbocycles. The molecule has 4 heterocycles. The quantitative estimate of drug-likeness (QED) is 0.256. The van der Waals surface area contributed by atoms with Crippen molar-refractivity contribution in [2.45, 2.75) is 0 Å². The van der Waals surface area contributed by atoms with Gasteiger partial charge in [0, 0.05) is 53.6 Å². The zero-order valence-electron chi connectivity index (χ0n) is 17.4. The number of hydrogen-bond acceptors (Lipinski definition) is 3. The SMILES string of the molecule is c1ccc(-n2c3ccc4c5ccc6oc7ccccc7c6c5sc4c3c3cccnc32)cc1. The van der Waals surface area contributed by atoms with E-state index in [2.05, 4.69) is 77.4 Å². The van der Waals surface area contributed by atoms with Crippen molar-refractivity contribution in [1.29, 1.82) is 0 Å². The highest BCUT2D eigenvalue weighted by atomic mass is 32.1. The Kier molecular flexibility index (Phi) is 3.28. The number of rotatable bonds is 1. The van der Waals surface area contributed by atoms with Crippen LogP contribution in [0.5, 0.6) is 0 Å². The fourth-order valence-electron chi connectivity index (χ4n) is 5.27. The second kappa shape index (κ2) is 6.21. The number of nitrogens with zero attached hydrogens (tertiary/aromatic N) is 2. The van der Waals surface area contributed by atoms with Gasteiger partial charge in [-0.3, -0.25) is 4.57 Å². The molecule has 4 aromatic carbocycles. The monoisotopic (exact) mass is 440 g/mol. The molecule has 154 valence electrons. The van der Waals surface area contributed by atoms with Crippen LogP contribution < -0.4 is 0 Å². The maximum absolute atomic E-state index is 6.17. The lowest BCUT2D eigenvalue weighted by atomic mass is 10.1. The predicted octanol–water partition coefficient (Wildman–Crippen LogP) is 8.45. The molecule has 0 saturated heterocycles. The standard InChI is InChI=1S/C29H16N2OS/c1-2-7-17(8-3-1)31-22-14-12-18-19-13-15-24-26(20-9-4-5-11-23(20)32-24)28(19)33-27(18)25(22)21-10-6-16-30-29(21)31/h1-16H. The van der Waals surface area contributed by atoms with E-state index in [1.54, 1.807) is 0 Å². The van der Waals surface area contributed by atoms with Crippen LogP contribution in [0.1, 0.15) is 0 Å². The van der Waals surface area contributed by atoms with Gasteiger partial charge in [0.15, 0.2) is 0 Å². The molecule has 0 aliphatic heterocycles. The van der Waals surface area contributed by atoms with E-state index >= 15 is 0 Å². The molecule has 4 aromatic heterocycles. The molecule has 3 nitrogen and oxygen atoms in total. The average molecular weight is 441 g/mol. The molecule has 33 heavy (non-hydrogen) atoms. The highest BCUT2D eigenvalue weighted by Gasteiger charge is 2.20. The van der Waals surface area contributed by atoms with Gasteiger partial charge in [-0.1, -0.05) is 42.5 Å². The number of fused-ring (bicyclic) bond motifs is 11. The van der Waals surface area contributed by atoms with Crippen LogP contribution >= 0.6 is 11.3 Å². The molecule has 8 rings (SSSR count). The van der Waals surface area contributed by atoms with Crippen LogP contribution in [0.15, 0.2) is 102 Å². The number of furan rings is 1. The van der Waals surface area contributed by atoms with E-state index in [0.29, 0.717) is 0 Å². The topological polar surface area (TPSA) is 31.0 Å². The minimum Gasteiger partial charge on any atom is -0.456 e. The lowest BCUT2D eigenvalue weighted by molar-refractivity contribution is 0.669. The van der Waals surface area contributed by atoms with Crippen LogP contribution in [-0.4, -0.2) is 9.55 Å². The van der Waals surface area contributed by atoms with Gasteiger partial charge in [-0.05, 0) is 48.5 Å². The summed E-state index contributed by atoms with van der Waals surface area (Å²) >= 11 is 1.86. The van der Waals surface area contributed by atoms with Crippen molar-refractivity contribution < 1.29 is 4.42 Å². The van der Waals surface area contributed by atoms with E-state index in [-0.39, 0.29) is 0 Å². The van der Waals surface area contributed by atoms with Gasteiger partial charge in [0.25, 0.3) is 0 Å². The second-order valence-corrected chi connectivity index (χ2v) is 9.42. The van der Waals surface area contributed by atoms with Crippen molar-refractivity contribution >= 4 is 75.4 Å². The predicted molar refractivity (Wildman–Crippen MR) is 139 cm³/mol. The van der Waals surface area contributed by atoms with E-state index in [1.165, 1.54) is 47.2 Å². The summed E-state index contributed by atoms with van der Waals surface area (Å²) in [6.07, 6.45) is 1.88. The Morgan fingerprint density at radius 1 is 0.606 bits per heavy atom. The summed E-state index contributed by atoms with van der Waals surface area (Å²) in [5.74, 6) is 0. The molecule has 0 fully saturated rings.